The molecule has 0 aromatic carbocycles. The monoisotopic (exact) mass is 514 g/mol. The van der Waals surface area contributed by atoms with Gasteiger partial charge in [-0.05, 0) is 30.2 Å². The van der Waals surface area contributed by atoms with E-state index in [1.807, 2.05) is 0 Å². The first-order valence-corrected chi connectivity index (χ1v) is 8.88. The molecule has 0 saturated carbocycles. The van der Waals surface area contributed by atoms with Crippen LogP contribution in [0.15, 0.2) is 35.5 Å². The Morgan fingerprint density at radius 3 is 2.52 bits per heavy atom. The highest BCUT2D eigenvalue weighted by atomic mass is 127. The number of nitrogens with one attached hydrogen (secondary N) is 2. The Balaban J connectivity index is 0.00000364. The first-order valence-electron chi connectivity index (χ1n) is 8.06. The number of hydrogen-bond acceptors (Lipinski definition) is 4. The number of aromatic nitrogens is 1. The van der Waals surface area contributed by atoms with Crippen molar-refractivity contribution in [3.05, 3.63) is 45.8 Å². The summed E-state index contributed by atoms with van der Waals surface area (Å²) in [4.78, 5) is 10.5. The molecule has 5 nitrogen and oxygen atoms in total. The quantitative estimate of drug-likeness (QED) is 0.332. The first kappa shape index (κ1) is 23.5. The van der Waals surface area contributed by atoms with Crippen molar-refractivity contribution in [3.8, 4) is 5.88 Å². The molecule has 27 heavy (non-hydrogen) atoms. The largest absolute Gasteiger partial charge is 0.468 e. The van der Waals surface area contributed by atoms with Gasteiger partial charge in [0.2, 0.25) is 5.88 Å². The van der Waals surface area contributed by atoms with E-state index in [0.29, 0.717) is 19.0 Å². The van der Waals surface area contributed by atoms with Gasteiger partial charge in [0, 0.05) is 35.6 Å². The highest BCUT2D eigenvalue weighted by Gasteiger charge is 2.28. The number of hydrogen-bond donors (Lipinski definition) is 2. The molecule has 0 aliphatic rings. The van der Waals surface area contributed by atoms with E-state index in [0.717, 1.165) is 12.0 Å². The van der Waals surface area contributed by atoms with Crippen LogP contribution in [0.25, 0.3) is 0 Å². The molecular formula is C17H22F3IN4OS. The van der Waals surface area contributed by atoms with Gasteiger partial charge in [0.15, 0.2) is 12.6 Å². The fourth-order valence-corrected chi connectivity index (χ4v) is 2.98. The zero-order chi connectivity index (χ0) is 19.0. The number of alkyl halides is 3. The van der Waals surface area contributed by atoms with E-state index < -0.39 is 12.8 Å². The Hall–Kier alpha value is -1.56. The van der Waals surface area contributed by atoms with E-state index >= 15 is 0 Å². The molecule has 0 atom stereocenters. The molecule has 2 N–H and O–H groups in total. The Labute approximate surface area is 177 Å². The predicted molar refractivity (Wildman–Crippen MR) is 112 cm³/mol. The summed E-state index contributed by atoms with van der Waals surface area (Å²) >= 11 is 1.75. The molecule has 0 fully saturated rings. The van der Waals surface area contributed by atoms with E-state index in [4.69, 9.17) is 0 Å². The Bertz CT molecular complexity index is 737. The van der Waals surface area contributed by atoms with Crippen LogP contribution in [0.5, 0.6) is 5.88 Å². The lowest BCUT2D eigenvalue weighted by Gasteiger charge is -2.12. The van der Waals surface area contributed by atoms with Crippen LogP contribution in [0, 0.1) is 0 Å². The number of ether oxygens (including phenoxy) is 1. The molecule has 2 rings (SSSR count). The molecule has 150 valence electrons. The maximum Gasteiger partial charge on any atom is 0.422 e. The van der Waals surface area contributed by atoms with Gasteiger partial charge in [-0.3, -0.25) is 4.99 Å². The third kappa shape index (κ3) is 8.78. The van der Waals surface area contributed by atoms with E-state index in [2.05, 4.69) is 44.4 Å². The van der Waals surface area contributed by atoms with Gasteiger partial charge in [0.05, 0.1) is 6.54 Å². The minimum atomic E-state index is -4.39. The molecule has 2 heterocycles. The van der Waals surface area contributed by atoms with Gasteiger partial charge in [-0.25, -0.2) is 4.98 Å². The highest BCUT2D eigenvalue weighted by Crippen LogP contribution is 2.18. The Morgan fingerprint density at radius 2 is 1.89 bits per heavy atom. The molecule has 2 aromatic heterocycles. The molecule has 0 amide bonds. The van der Waals surface area contributed by atoms with Crippen molar-refractivity contribution in [2.75, 3.05) is 13.7 Å². The lowest BCUT2D eigenvalue weighted by Crippen LogP contribution is -2.36. The zero-order valence-corrected chi connectivity index (χ0v) is 18.1. The van der Waals surface area contributed by atoms with Crippen molar-refractivity contribution in [2.24, 2.45) is 4.99 Å². The lowest BCUT2D eigenvalue weighted by molar-refractivity contribution is -0.154. The number of thiophene rings is 1. The Morgan fingerprint density at radius 1 is 1.19 bits per heavy atom. The summed E-state index contributed by atoms with van der Waals surface area (Å²) in [6.45, 7) is 1.79. The minimum absolute atomic E-state index is 0. The molecule has 0 unspecified atom stereocenters. The fourth-order valence-electron chi connectivity index (χ4n) is 2.08. The molecule has 2 aromatic rings. The van der Waals surface area contributed by atoms with Gasteiger partial charge >= 0.3 is 6.18 Å². The summed E-state index contributed by atoms with van der Waals surface area (Å²) in [5.74, 6) is 0.543. The molecule has 0 spiro atoms. The number of guanidine groups is 1. The van der Waals surface area contributed by atoms with E-state index in [9.17, 15) is 13.2 Å². The molecule has 0 aliphatic carbocycles. The third-order valence-corrected chi connectivity index (χ3v) is 4.59. The molecule has 10 heteroatoms. The summed E-state index contributed by atoms with van der Waals surface area (Å²) in [5, 5.41) is 6.32. The van der Waals surface area contributed by atoms with E-state index in [1.54, 1.807) is 24.5 Å². The lowest BCUT2D eigenvalue weighted by atomic mass is 10.2. The summed E-state index contributed by atoms with van der Waals surface area (Å²) < 4.78 is 41.3. The second kappa shape index (κ2) is 11.3. The first-order chi connectivity index (χ1) is 12.4. The van der Waals surface area contributed by atoms with Crippen LogP contribution in [0.1, 0.15) is 22.2 Å². The normalized spacial score (nSPS) is 11.7. The summed E-state index contributed by atoms with van der Waals surface area (Å²) in [6, 6.07) is 7.36. The van der Waals surface area contributed by atoms with Gasteiger partial charge in [0.25, 0.3) is 0 Å². The van der Waals surface area contributed by atoms with E-state index in [-0.39, 0.29) is 29.9 Å². The van der Waals surface area contributed by atoms with Crippen LogP contribution in [-0.4, -0.2) is 30.8 Å². The van der Waals surface area contributed by atoms with Crippen LogP contribution < -0.4 is 15.4 Å². The molecule has 0 radical (unpaired) electrons. The molecule has 0 bridgehead atoms. The van der Waals surface area contributed by atoms with Gasteiger partial charge in [0.1, 0.15) is 0 Å². The average Bonchev–Trinajstić information content (AvgIpc) is 3.08. The minimum Gasteiger partial charge on any atom is -0.468 e. The second-order valence-corrected chi connectivity index (χ2v) is 6.66. The predicted octanol–water partition coefficient (Wildman–Crippen LogP) is 4.13. The van der Waals surface area contributed by atoms with Gasteiger partial charge in [-0.1, -0.05) is 6.92 Å². The number of aliphatic imine (C=N–C) groups is 1. The van der Waals surface area contributed by atoms with Crippen LogP contribution >= 0.6 is 35.3 Å². The number of halogens is 4. The molecular weight excluding hydrogens is 492 g/mol. The smallest absolute Gasteiger partial charge is 0.422 e. The summed E-state index contributed by atoms with van der Waals surface area (Å²) in [6.07, 6.45) is -1.96. The molecule has 0 saturated heterocycles. The number of aryl methyl sites for hydroxylation is 1. The van der Waals surface area contributed by atoms with Gasteiger partial charge in [-0.2, -0.15) is 13.2 Å². The highest BCUT2D eigenvalue weighted by molar-refractivity contribution is 14.0. The maximum absolute atomic E-state index is 12.2. The van der Waals surface area contributed by atoms with Crippen molar-refractivity contribution >= 4 is 41.3 Å². The SMILES string of the molecule is CCc1ccc(CNC(=NC)NCc2ccnc(OCC(F)(F)F)c2)s1.I. The van der Waals surface area contributed by atoms with Crippen molar-refractivity contribution in [1.29, 1.82) is 0 Å². The van der Waals surface area contributed by atoms with Crippen LogP contribution in [0.3, 0.4) is 0 Å². The number of rotatable bonds is 7. The zero-order valence-electron chi connectivity index (χ0n) is 15.0. The van der Waals surface area contributed by atoms with Gasteiger partial charge in [-0.15, -0.1) is 35.3 Å². The standard InChI is InChI=1S/C17H21F3N4OS.HI/c1-3-13-4-5-14(26-13)10-24-16(21-2)23-9-12-6-7-22-15(8-12)25-11-17(18,19)20;/h4-8H,3,9-11H2,1-2H3,(H2,21,23,24);1H. The van der Waals surface area contributed by atoms with Crippen molar-refractivity contribution in [2.45, 2.75) is 32.6 Å². The summed E-state index contributed by atoms with van der Waals surface area (Å²) in [7, 11) is 1.66. The van der Waals surface area contributed by atoms with Crippen molar-refractivity contribution in [1.82, 2.24) is 15.6 Å². The molecule has 0 aliphatic heterocycles. The van der Waals surface area contributed by atoms with Crippen molar-refractivity contribution < 1.29 is 17.9 Å². The maximum atomic E-state index is 12.2. The van der Waals surface area contributed by atoms with Crippen LogP contribution in [0.4, 0.5) is 13.2 Å². The van der Waals surface area contributed by atoms with Gasteiger partial charge < -0.3 is 15.4 Å². The number of pyridine rings is 1. The average molecular weight is 514 g/mol. The van der Waals surface area contributed by atoms with Crippen LogP contribution in [-0.2, 0) is 19.5 Å². The summed E-state index contributed by atoms with van der Waals surface area (Å²) in [5.41, 5.74) is 0.740. The Kier molecular flexibility index (Phi) is 9.84. The fraction of sp³-hybridized carbons (Fsp3) is 0.412. The van der Waals surface area contributed by atoms with Crippen molar-refractivity contribution in [3.63, 3.8) is 0 Å². The topological polar surface area (TPSA) is 58.5 Å². The van der Waals surface area contributed by atoms with Crippen LogP contribution in [0.2, 0.25) is 0 Å². The second-order valence-electron chi connectivity index (χ2n) is 5.41. The van der Waals surface area contributed by atoms with E-state index in [1.165, 1.54) is 22.0 Å². The number of nitrogens with zero attached hydrogens (tertiary/aromatic N) is 2. The third-order valence-electron chi connectivity index (χ3n) is 3.36.